The summed E-state index contributed by atoms with van der Waals surface area (Å²) in [6.45, 7) is 0. The van der Waals surface area contributed by atoms with Crippen LogP contribution in [0.2, 0.25) is 0 Å². The van der Waals surface area contributed by atoms with Crippen LogP contribution in [-0.4, -0.2) is 4.57 Å². The van der Waals surface area contributed by atoms with Crippen LogP contribution in [0.4, 0.5) is 0 Å². The zero-order valence-electron chi connectivity index (χ0n) is 13.9. The molecule has 0 fully saturated rings. The van der Waals surface area contributed by atoms with Gasteiger partial charge in [0.15, 0.2) is 0 Å². The second kappa shape index (κ2) is 7.00. The van der Waals surface area contributed by atoms with E-state index in [2.05, 4.69) is 29.8 Å². The summed E-state index contributed by atoms with van der Waals surface area (Å²) in [5, 5.41) is 1.18. The first-order valence-electron chi connectivity index (χ1n) is 8.12. The molecular weight excluding hydrogens is 329 g/mol. The van der Waals surface area contributed by atoms with Crippen molar-refractivity contribution in [2.24, 2.45) is 7.05 Å². The van der Waals surface area contributed by atoms with Crippen LogP contribution in [0.15, 0.2) is 91.0 Å². The minimum absolute atomic E-state index is 0.801. The van der Waals surface area contributed by atoms with E-state index in [0.717, 1.165) is 16.9 Å². The molecule has 0 saturated carbocycles. The molecule has 4 heteroatoms. The van der Waals surface area contributed by atoms with Gasteiger partial charge < -0.3 is 13.6 Å². The molecule has 0 atom stereocenters. The smallest absolute Gasteiger partial charge is 0.344 e. The maximum Gasteiger partial charge on any atom is 0.344 e. The Kier molecular flexibility index (Phi) is 4.41. The molecule has 0 amide bonds. The average molecular weight is 347 g/mol. The third-order valence-corrected chi connectivity index (χ3v) is 5.53. The van der Waals surface area contributed by atoms with Crippen LogP contribution >= 0.6 is 8.38 Å². The van der Waals surface area contributed by atoms with Gasteiger partial charge in [-0.3, -0.25) is 0 Å². The molecule has 25 heavy (non-hydrogen) atoms. The topological polar surface area (TPSA) is 23.4 Å². The fourth-order valence-corrected chi connectivity index (χ4v) is 4.16. The monoisotopic (exact) mass is 347 g/mol. The van der Waals surface area contributed by atoms with E-state index in [9.17, 15) is 0 Å². The van der Waals surface area contributed by atoms with Crippen molar-refractivity contribution < 1.29 is 9.05 Å². The van der Waals surface area contributed by atoms with Gasteiger partial charge >= 0.3 is 8.38 Å². The first kappa shape index (κ1) is 15.7. The highest BCUT2D eigenvalue weighted by Gasteiger charge is 2.23. The Morgan fingerprint density at radius 1 is 0.680 bits per heavy atom. The van der Waals surface area contributed by atoms with E-state index in [1.807, 2.05) is 72.8 Å². The van der Waals surface area contributed by atoms with Crippen LogP contribution in [-0.2, 0) is 7.05 Å². The molecule has 3 aromatic carbocycles. The van der Waals surface area contributed by atoms with Crippen molar-refractivity contribution in [1.82, 2.24) is 4.57 Å². The van der Waals surface area contributed by atoms with Crippen molar-refractivity contribution in [2.75, 3.05) is 0 Å². The van der Waals surface area contributed by atoms with Crippen molar-refractivity contribution in [2.45, 2.75) is 0 Å². The highest BCUT2D eigenvalue weighted by molar-refractivity contribution is 7.56. The number of aromatic nitrogens is 1. The summed E-state index contributed by atoms with van der Waals surface area (Å²) in [7, 11) is 0.738. The lowest BCUT2D eigenvalue weighted by Crippen LogP contribution is -2.17. The molecule has 0 spiro atoms. The predicted molar refractivity (Wildman–Crippen MR) is 104 cm³/mol. The Morgan fingerprint density at radius 2 is 1.20 bits per heavy atom. The molecule has 0 bridgehead atoms. The fourth-order valence-electron chi connectivity index (χ4n) is 2.72. The van der Waals surface area contributed by atoms with Gasteiger partial charge in [-0.15, -0.1) is 0 Å². The maximum absolute atomic E-state index is 6.24. The zero-order chi connectivity index (χ0) is 17.1. The number of benzene rings is 3. The molecule has 0 N–H and O–H groups in total. The summed E-state index contributed by atoms with van der Waals surface area (Å²) >= 11 is 0. The molecule has 4 aromatic rings. The van der Waals surface area contributed by atoms with E-state index in [-0.39, 0.29) is 0 Å². The molecule has 0 aliphatic rings. The lowest BCUT2D eigenvalue weighted by atomic mass is 10.2. The van der Waals surface area contributed by atoms with Crippen molar-refractivity contribution in [1.29, 1.82) is 0 Å². The second-order valence-corrected chi connectivity index (χ2v) is 7.02. The average Bonchev–Trinajstić information content (AvgIpc) is 3.00. The van der Waals surface area contributed by atoms with Crippen molar-refractivity contribution in [3.8, 4) is 11.5 Å². The van der Waals surface area contributed by atoms with Crippen molar-refractivity contribution in [3.05, 3.63) is 91.0 Å². The molecule has 0 aliphatic heterocycles. The molecule has 1 heterocycles. The molecule has 3 nitrogen and oxygen atoms in total. The lowest BCUT2D eigenvalue weighted by molar-refractivity contribution is 0.499. The van der Waals surface area contributed by atoms with E-state index < -0.39 is 8.38 Å². The Balaban J connectivity index is 1.74. The Labute approximate surface area is 148 Å². The van der Waals surface area contributed by atoms with Gasteiger partial charge in [0.25, 0.3) is 0 Å². The van der Waals surface area contributed by atoms with Crippen LogP contribution < -0.4 is 14.5 Å². The molecule has 0 unspecified atom stereocenters. The zero-order valence-corrected chi connectivity index (χ0v) is 14.8. The third-order valence-electron chi connectivity index (χ3n) is 3.98. The molecule has 124 valence electrons. The Bertz CT molecular complexity index is 926. The van der Waals surface area contributed by atoms with Gasteiger partial charge in [0.2, 0.25) is 0 Å². The van der Waals surface area contributed by atoms with Gasteiger partial charge in [0, 0.05) is 18.0 Å². The standard InChI is InChI=1S/C21H18NO2P/c1-22-20-15-9-8-10-17(20)16-21(22)25(23-18-11-4-2-5-12-18)24-19-13-6-3-7-14-19/h2-16H,1H3. The largest absolute Gasteiger partial charge is 0.434 e. The number of para-hydroxylation sites is 3. The normalized spacial score (nSPS) is 11.0. The first-order valence-corrected chi connectivity index (χ1v) is 9.30. The van der Waals surface area contributed by atoms with Crippen LogP contribution in [0, 0.1) is 0 Å². The number of rotatable bonds is 5. The number of fused-ring (bicyclic) bond motifs is 1. The summed E-state index contributed by atoms with van der Waals surface area (Å²) in [5.41, 5.74) is 2.20. The molecule has 1 aromatic heterocycles. The summed E-state index contributed by atoms with van der Waals surface area (Å²) in [6.07, 6.45) is 0. The summed E-state index contributed by atoms with van der Waals surface area (Å²) in [5.74, 6) is 1.60. The van der Waals surface area contributed by atoms with E-state index in [1.54, 1.807) is 0 Å². The van der Waals surface area contributed by atoms with E-state index in [1.165, 1.54) is 10.9 Å². The van der Waals surface area contributed by atoms with E-state index >= 15 is 0 Å². The van der Waals surface area contributed by atoms with Gasteiger partial charge in [0.1, 0.15) is 16.9 Å². The molecule has 0 saturated heterocycles. The molecule has 4 rings (SSSR count). The van der Waals surface area contributed by atoms with Crippen LogP contribution in [0.25, 0.3) is 10.9 Å². The maximum atomic E-state index is 6.24. The van der Waals surface area contributed by atoms with E-state index in [0.29, 0.717) is 0 Å². The molecule has 0 aliphatic carbocycles. The highest BCUT2D eigenvalue weighted by Crippen LogP contribution is 2.40. The number of aryl methyl sites for hydroxylation is 1. The van der Waals surface area contributed by atoms with Gasteiger partial charge in [-0.2, -0.15) is 0 Å². The van der Waals surface area contributed by atoms with Gasteiger partial charge in [-0.25, -0.2) is 0 Å². The van der Waals surface area contributed by atoms with Crippen LogP contribution in [0.3, 0.4) is 0 Å². The fraction of sp³-hybridized carbons (Fsp3) is 0.0476. The Morgan fingerprint density at radius 3 is 1.76 bits per heavy atom. The number of hydrogen-bond acceptors (Lipinski definition) is 2. The van der Waals surface area contributed by atoms with Gasteiger partial charge in [-0.1, -0.05) is 54.6 Å². The minimum atomic E-state index is -1.31. The summed E-state index contributed by atoms with van der Waals surface area (Å²) in [6, 6.07) is 30.1. The Hall–Kier alpha value is -2.77. The summed E-state index contributed by atoms with van der Waals surface area (Å²) in [4.78, 5) is 0. The predicted octanol–water partition coefficient (Wildman–Crippen LogP) is 5.27. The molecule has 0 radical (unpaired) electrons. The van der Waals surface area contributed by atoms with E-state index in [4.69, 9.17) is 9.05 Å². The second-order valence-electron chi connectivity index (χ2n) is 5.69. The number of hydrogen-bond donors (Lipinski definition) is 0. The lowest BCUT2D eigenvalue weighted by Gasteiger charge is -2.19. The first-order chi connectivity index (χ1) is 12.3. The summed E-state index contributed by atoms with van der Waals surface area (Å²) < 4.78 is 14.6. The van der Waals surface area contributed by atoms with Crippen LogP contribution in [0.5, 0.6) is 11.5 Å². The van der Waals surface area contributed by atoms with Crippen LogP contribution in [0.1, 0.15) is 0 Å². The number of nitrogens with zero attached hydrogens (tertiary/aromatic N) is 1. The van der Waals surface area contributed by atoms with Gasteiger partial charge in [-0.05, 0) is 36.4 Å². The highest BCUT2D eigenvalue weighted by atomic mass is 31.2. The molecular formula is C21H18NO2P. The van der Waals surface area contributed by atoms with Gasteiger partial charge in [0.05, 0.1) is 0 Å². The van der Waals surface area contributed by atoms with Crippen molar-refractivity contribution >= 4 is 24.7 Å². The SMILES string of the molecule is Cn1c(P(Oc2ccccc2)Oc2ccccc2)cc2ccccc21. The minimum Gasteiger partial charge on any atom is -0.434 e. The quantitative estimate of drug-likeness (QED) is 0.459. The van der Waals surface area contributed by atoms with Crippen molar-refractivity contribution in [3.63, 3.8) is 0 Å². The third kappa shape index (κ3) is 3.38.